The van der Waals surface area contributed by atoms with Gasteiger partial charge in [0.05, 0.1) is 39.6 Å². The molecule has 0 aliphatic carbocycles. The fourth-order valence-corrected chi connectivity index (χ4v) is 6.37. The van der Waals surface area contributed by atoms with Crippen LogP contribution in [0.1, 0.15) is 58.4 Å². The SMILES string of the molecule is COc1ccc(CC[C@@H](O)c2cccc(OCC(=O)NCC(CNC(=O)COc3cccc([C@H](O)CCc4ccc(CO)c(CO)c4)c3)CN(C)C)c2)cc1OC. The number of aliphatic hydroxyl groups excluding tert-OH is 4. The smallest absolute Gasteiger partial charge is 0.257 e. The standard InChI is InChI=1S/C44H57N3O10/c1-47(2)25-32(23-45-43(52)28-56-37-9-5-7-33(21-37)39(50)16-12-30-11-15-35(26-48)36(19-30)27-49)24-46-44(53)29-57-38-10-6-8-34(22-38)40(51)17-13-31-14-18-41(54-3)42(20-31)55-4/h5-11,14-15,18-22,32,39-40,48-51H,12-13,16-17,23-29H2,1-4H3,(H,45,52)(H,46,53)/t32?,39-,40-/m1/s1. The van der Waals surface area contributed by atoms with Crippen molar-refractivity contribution in [3.8, 4) is 23.0 Å². The summed E-state index contributed by atoms with van der Waals surface area (Å²) in [4.78, 5) is 27.5. The van der Waals surface area contributed by atoms with E-state index in [0.717, 1.165) is 11.1 Å². The van der Waals surface area contributed by atoms with Crippen LogP contribution in [-0.4, -0.2) is 98.3 Å². The lowest BCUT2D eigenvalue weighted by molar-refractivity contribution is -0.123. The van der Waals surface area contributed by atoms with Crippen molar-refractivity contribution in [3.63, 3.8) is 0 Å². The number of nitrogens with zero attached hydrogens (tertiary/aromatic N) is 1. The second kappa shape index (κ2) is 23.1. The Balaban J connectivity index is 1.18. The molecule has 0 fully saturated rings. The van der Waals surface area contributed by atoms with Gasteiger partial charge in [-0.2, -0.15) is 0 Å². The van der Waals surface area contributed by atoms with Gasteiger partial charge in [-0.15, -0.1) is 0 Å². The molecule has 0 aromatic heterocycles. The lowest BCUT2D eigenvalue weighted by atomic mass is 9.98. The van der Waals surface area contributed by atoms with Crippen LogP contribution in [0.15, 0.2) is 84.9 Å². The van der Waals surface area contributed by atoms with Crippen molar-refractivity contribution in [3.05, 3.63) is 118 Å². The molecule has 13 nitrogen and oxygen atoms in total. The monoisotopic (exact) mass is 787 g/mol. The average Bonchev–Trinajstić information content (AvgIpc) is 3.23. The number of benzene rings is 4. The third kappa shape index (κ3) is 14.7. The number of carbonyl (C=O) groups excluding carboxylic acids is 2. The number of ether oxygens (including phenoxy) is 4. The van der Waals surface area contributed by atoms with Crippen LogP contribution in [0.3, 0.4) is 0 Å². The minimum absolute atomic E-state index is 0.0937. The van der Waals surface area contributed by atoms with E-state index >= 15 is 0 Å². The van der Waals surface area contributed by atoms with Gasteiger partial charge in [-0.05, 0) is 110 Å². The second-order valence-electron chi connectivity index (χ2n) is 14.2. The first-order valence-electron chi connectivity index (χ1n) is 19.0. The molecule has 3 atom stereocenters. The highest BCUT2D eigenvalue weighted by Gasteiger charge is 2.16. The zero-order valence-corrected chi connectivity index (χ0v) is 33.3. The summed E-state index contributed by atoms with van der Waals surface area (Å²) >= 11 is 0. The van der Waals surface area contributed by atoms with E-state index in [4.69, 9.17) is 18.9 Å². The molecule has 4 rings (SSSR count). The zero-order valence-electron chi connectivity index (χ0n) is 33.3. The Bertz CT molecular complexity index is 1740. The quantitative estimate of drug-likeness (QED) is 0.0607. The normalized spacial score (nSPS) is 12.7. The van der Waals surface area contributed by atoms with Gasteiger partial charge in [-0.25, -0.2) is 0 Å². The van der Waals surface area contributed by atoms with Crippen molar-refractivity contribution in [2.75, 3.05) is 61.2 Å². The third-order valence-corrected chi connectivity index (χ3v) is 9.50. The highest BCUT2D eigenvalue weighted by molar-refractivity contribution is 5.78. The van der Waals surface area contributed by atoms with Gasteiger partial charge in [-0.3, -0.25) is 9.59 Å². The Kier molecular flexibility index (Phi) is 18.1. The Morgan fingerprint density at radius 1 is 0.649 bits per heavy atom. The van der Waals surface area contributed by atoms with Crippen LogP contribution in [0.2, 0.25) is 0 Å². The molecule has 0 aliphatic heterocycles. The summed E-state index contributed by atoms with van der Waals surface area (Å²) in [5.41, 5.74) is 4.62. The minimum Gasteiger partial charge on any atom is -0.493 e. The Morgan fingerprint density at radius 2 is 1.16 bits per heavy atom. The predicted octanol–water partition coefficient (Wildman–Crippen LogP) is 3.89. The van der Waals surface area contributed by atoms with E-state index in [1.54, 1.807) is 62.8 Å². The summed E-state index contributed by atoms with van der Waals surface area (Å²) in [5, 5.41) is 46.5. The van der Waals surface area contributed by atoms with E-state index in [9.17, 15) is 30.0 Å². The van der Waals surface area contributed by atoms with Crippen LogP contribution in [0.25, 0.3) is 0 Å². The van der Waals surface area contributed by atoms with Crippen LogP contribution in [0, 0.1) is 5.92 Å². The summed E-state index contributed by atoms with van der Waals surface area (Å²) < 4.78 is 22.2. The van der Waals surface area contributed by atoms with Gasteiger partial charge in [0.25, 0.3) is 11.8 Å². The second-order valence-corrected chi connectivity index (χ2v) is 14.2. The highest BCUT2D eigenvalue weighted by atomic mass is 16.5. The van der Waals surface area contributed by atoms with Crippen molar-refractivity contribution in [1.82, 2.24) is 15.5 Å². The molecule has 4 aromatic carbocycles. The number of rotatable bonds is 24. The van der Waals surface area contributed by atoms with Gasteiger partial charge >= 0.3 is 0 Å². The largest absolute Gasteiger partial charge is 0.493 e. The van der Waals surface area contributed by atoms with Crippen molar-refractivity contribution >= 4 is 11.8 Å². The van der Waals surface area contributed by atoms with Gasteiger partial charge < -0.3 is 54.9 Å². The zero-order chi connectivity index (χ0) is 41.2. The van der Waals surface area contributed by atoms with Crippen LogP contribution < -0.4 is 29.6 Å². The van der Waals surface area contributed by atoms with Crippen molar-refractivity contribution in [2.45, 2.75) is 51.1 Å². The van der Waals surface area contributed by atoms with Crippen LogP contribution in [0.4, 0.5) is 0 Å². The molecular formula is C44H57N3O10. The number of methoxy groups -OCH3 is 2. The molecule has 0 saturated carbocycles. The lowest BCUT2D eigenvalue weighted by Gasteiger charge is -2.22. The maximum atomic E-state index is 12.8. The molecule has 57 heavy (non-hydrogen) atoms. The van der Waals surface area contributed by atoms with E-state index in [-0.39, 0.29) is 44.2 Å². The van der Waals surface area contributed by atoms with E-state index in [2.05, 4.69) is 10.6 Å². The molecule has 0 heterocycles. The summed E-state index contributed by atoms with van der Waals surface area (Å²) in [6.07, 6.45) is 0.597. The maximum absolute atomic E-state index is 12.8. The fraction of sp³-hybridized carbons (Fsp3) is 0.409. The van der Waals surface area contributed by atoms with Crippen LogP contribution in [0.5, 0.6) is 23.0 Å². The van der Waals surface area contributed by atoms with E-state index < -0.39 is 12.2 Å². The molecule has 13 heteroatoms. The first-order chi connectivity index (χ1) is 27.5. The summed E-state index contributed by atoms with van der Waals surface area (Å²) in [5.74, 6) is 1.46. The molecular weight excluding hydrogens is 730 g/mol. The molecule has 0 bridgehead atoms. The molecule has 308 valence electrons. The predicted molar refractivity (Wildman–Crippen MR) is 216 cm³/mol. The molecule has 0 radical (unpaired) electrons. The molecule has 1 unspecified atom stereocenters. The summed E-state index contributed by atoms with van der Waals surface area (Å²) in [6, 6.07) is 25.2. The minimum atomic E-state index is -0.768. The molecule has 0 spiro atoms. The van der Waals surface area contributed by atoms with Gasteiger partial charge in [0, 0.05) is 25.6 Å². The van der Waals surface area contributed by atoms with Crippen LogP contribution in [-0.2, 0) is 35.6 Å². The van der Waals surface area contributed by atoms with Gasteiger partial charge in [0.15, 0.2) is 24.7 Å². The number of hydrogen-bond acceptors (Lipinski definition) is 11. The van der Waals surface area contributed by atoms with E-state index in [1.165, 1.54) is 0 Å². The Morgan fingerprint density at radius 3 is 1.65 bits per heavy atom. The van der Waals surface area contributed by atoms with E-state index in [1.807, 2.05) is 55.4 Å². The molecule has 2 amide bonds. The first kappa shape index (κ1) is 44.5. The van der Waals surface area contributed by atoms with Crippen LogP contribution >= 0.6 is 0 Å². The molecule has 0 aliphatic rings. The van der Waals surface area contributed by atoms with Crippen molar-refractivity contribution in [2.24, 2.45) is 5.92 Å². The number of hydrogen-bond donors (Lipinski definition) is 6. The summed E-state index contributed by atoms with van der Waals surface area (Å²) in [7, 11) is 7.00. The highest BCUT2D eigenvalue weighted by Crippen LogP contribution is 2.30. The lowest BCUT2D eigenvalue weighted by Crippen LogP contribution is -2.43. The van der Waals surface area contributed by atoms with Gasteiger partial charge in [-0.1, -0.05) is 48.5 Å². The Labute approximate surface area is 335 Å². The third-order valence-electron chi connectivity index (χ3n) is 9.50. The van der Waals surface area contributed by atoms with E-state index in [0.29, 0.717) is 90.6 Å². The molecule has 0 saturated heterocycles. The Hall–Kier alpha value is -5.18. The summed E-state index contributed by atoms with van der Waals surface area (Å²) in [6.45, 7) is 0.473. The van der Waals surface area contributed by atoms with Crippen molar-refractivity contribution < 1.29 is 49.0 Å². The number of aryl methyl sites for hydroxylation is 2. The number of nitrogens with one attached hydrogen (secondary N) is 2. The fourth-order valence-electron chi connectivity index (χ4n) is 6.37. The maximum Gasteiger partial charge on any atom is 0.257 e. The van der Waals surface area contributed by atoms with Crippen molar-refractivity contribution in [1.29, 1.82) is 0 Å². The molecule has 4 aromatic rings. The number of amides is 2. The topological polar surface area (TPSA) is 179 Å². The average molecular weight is 788 g/mol. The first-order valence-corrected chi connectivity index (χ1v) is 19.0. The number of carbonyl (C=O) groups is 2. The van der Waals surface area contributed by atoms with Gasteiger partial charge in [0.2, 0.25) is 0 Å². The molecule has 6 N–H and O–H groups in total. The number of aliphatic hydroxyl groups is 4. The van der Waals surface area contributed by atoms with Gasteiger partial charge in [0.1, 0.15) is 11.5 Å².